The largest absolute Gasteiger partial charge is 0.388 e. The van der Waals surface area contributed by atoms with Crippen LogP contribution in [0.2, 0.25) is 0 Å². The van der Waals surface area contributed by atoms with E-state index in [1.54, 1.807) is 0 Å². The topological polar surface area (TPSA) is 79.2 Å². The quantitative estimate of drug-likeness (QED) is 0.286. The summed E-state index contributed by atoms with van der Waals surface area (Å²) in [5, 5.41) is 29.0. The van der Waals surface area contributed by atoms with Crippen molar-refractivity contribution in [1.82, 2.24) is 0 Å². The highest BCUT2D eigenvalue weighted by molar-refractivity contribution is 4.87. The Labute approximate surface area is 159 Å². The van der Waals surface area contributed by atoms with Crippen LogP contribution in [0.15, 0.2) is 12.2 Å². The third-order valence-electron chi connectivity index (χ3n) is 4.91. The van der Waals surface area contributed by atoms with Gasteiger partial charge in [0.1, 0.15) is 24.4 Å². The number of allylic oxidation sites excluding steroid dienone is 2. The van der Waals surface area contributed by atoms with Gasteiger partial charge in [0.25, 0.3) is 0 Å². The van der Waals surface area contributed by atoms with Gasteiger partial charge in [-0.05, 0) is 32.1 Å². The van der Waals surface area contributed by atoms with Crippen LogP contribution in [-0.2, 0) is 9.47 Å². The van der Waals surface area contributed by atoms with Crippen LogP contribution in [0.25, 0.3) is 0 Å². The fourth-order valence-corrected chi connectivity index (χ4v) is 3.18. The molecule has 0 aromatic rings. The molecule has 26 heavy (non-hydrogen) atoms. The number of rotatable bonds is 16. The maximum absolute atomic E-state index is 9.91. The van der Waals surface area contributed by atoms with Crippen LogP contribution in [-0.4, -0.2) is 59.6 Å². The molecule has 0 aromatic heterocycles. The van der Waals surface area contributed by atoms with E-state index in [9.17, 15) is 15.3 Å². The molecule has 0 aliphatic carbocycles. The van der Waals surface area contributed by atoms with E-state index in [-0.39, 0.29) is 13.2 Å². The summed E-state index contributed by atoms with van der Waals surface area (Å²) in [5.41, 5.74) is 0. The Morgan fingerprint density at radius 1 is 0.962 bits per heavy atom. The number of hydrogen-bond acceptors (Lipinski definition) is 5. The van der Waals surface area contributed by atoms with Crippen molar-refractivity contribution in [2.75, 3.05) is 19.8 Å². The maximum atomic E-state index is 9.91. The first-order valence-corrected chi connectivity index (χ1v) is 10.5. The van der Waals surface area contributed by atoms with Gasteiger partial charge in [0, 0.05) is 6.61 Å². The molecule has 0 spiro atoms. The van der Waals surface area contributed by atoms with E-state index < -0.39 is 24.4 Å². The van der Waals surface area contributed by atoms with Crippen molar-refractivity contribution in [2.24, 2.45) is 0 Å². The summed E-state index contributed by atoms with van der Waals surface area (Å²) in [4.78, 5) is 0. The summed E-state index contributed by atoms with van der Waals surface area (Å²) < 4.78 is 10.6. The molecule has 0 radical (unpaired) electrons. The van der Waals surface area contributed by atoms with Gasteiger partial charge in [-0.15, -0.1) is 0 Å². The van der Waals surface area contributed by atoms with Gasteiger partial charge in [0.2, 0.25) is 0 Å². The zero-order valence-electron chi connectivity index (χ0n) is 16.5. The molecule has 4 atom stereocenters. The first kappa shape index (κ1) is 23.6. The molecule has 5 heteroatoms. The van der Waals surface area contributed by atoms with Crippen LogP contribution < -0.4 is 0 Å². The van der Waals surface area contributed by atoms with Crippen molar-refractivity contribution < 1.29 is 24.8 Å². The van der Waals surface area contributed by atoms with Gasteiger partial charge < -0.3 is 24.8 Å². The van der Waals surface area contributed by atoms with Crippen LogP contribution >= 0.6 is 0 Å². The lowest BCUT2D eigenvalue weighted by atomic mass is 10.1. The second-order valence-electron chi connectivity index (χ2n) is 7.38. The number of unbranched alkanes of at least 4 members (excludes halogenated alkanes) is 9. The highest BCUT2D eigenvalue weighted by Crippen LogP contribution is 2.18. The molecule has 1 aliphatic rings. The van der Waals surface area contributed by atoms with Crippen LogP contribution in [0, 0.1) is 0 Å². The summed E-state index contributed by atoms with van der Waals surface area (Å²) in [7, 11) is 0. The zero-order valence-corrected chi connectivity index (χ0v) is 16.5. The van der Waals surface area contributed by atoms with E-state index in [1.807, 2.05) is 0 Å². The summed E-state index contributed by atoms with van der Waals surface area (Å²) >= 11 is 0. The number of aliphatic hydroxyl groups is 3. The van der Waals surface area contributed by atoms with Gasteiger partial charge >= 0.3 is 0 Å². The minimum absolute atomic E-state index is 0.0657. The number of ether oxygens (including phenoxy) is 2. The van der Waals surface area contributed by atoms with Gasteiger partial charge in [-0.25, -0.2) is 0 Å². The minimum atomic E-state index is -1.03. The summed E-state index contributed by atoms with van der Waals surface area (Å²) in [6, 6.07) is 0. The second-order valence-corrected chi connectivity index (χ2v) is 7.38. The molecule has 1 aliphatic heterocycles. The molecule has 1 fully saturated rings. The predicted molar refractivity (Wildman–Crippen MR) is 104 cm³/mol. The Kier molecular flexibility index (Phi) is 14.1. The lowest BCUT2D eigenvalue weighted by Gasteiger charge is -2.20. The monoisotopic (exact) mass is 372 g/mol. The molecule has 0 aromatic carbocycles. The molecule has 1 heterocycles. The predicted octanol–water partition coefficient (Wildman–Crippen LogP) is 3.35. The van der Waals surface area contributed by atoms with Crippen molar-refractivity contribution in [3.63, 3.8) is 0 Å². The highest BCUT2D eigenvalue weighted by Gasteiger charge is 2.39. The van der Waals surface area contributed by atoms with Crippen LogP contribution in [0.5, 0.6) is 0 Å². The molecule has 3 N–H and O–H groups in total. The molecule has 1 rings (SSSR count). The molecule has 0 amide bonds. The van der Waals surface area contributed by atoms with E-state index >= 15 is 0 Å². The van der Waals surface area contributed by atoms with Gasteiger partial charge in [-0.2, -0.15) is 0 Å². The molecule has 0 bridgehead atoms. The van der Waals surface area contributed by atoms with E-state index in [4.69, 9.17) is 9.47 Å². The molecule has 154 valence electrons. The van der Waals surface area contributed by atoms with Gasteiger partial charge in [0.05, 0.1) is 13.2 Å². The third kappa shape index (κ3) is 10.6. The summed E-state index contributed by atoms with van der Waals surface area (Å²) in [6.07, 6.45) is 14.7. The average Bonchev–Trinajstić information content (AvgIpc) is 2.97. The Balaban J connectivity index is 1.83. The summed E-state index contributed by atoms with van der Waals surface area (Å²) in [6.45, 7) is 3.06. The standard InChI is InChI=1S/C21H40O5/c1-2-3-4-5-6-7-8-9-10-11-12-13-14-15-25-16-19(23)21-20(24)18(22)17-26-21/h8-9,18-24H,2-7,10-17H2,1H3/b9-8+/t18-,19+,20+,21+/m0/s1. The third-order valence-corrected chi connectivity index (χ3v) is 4.91. The number of hydrogen-bond donors (Lipinski definition) is 3. The van der Waals surface area contributed by atoms with Crippen molar-refractivity contribution in [3.05, 3.63) is 12.2 Å². The Bertz CT molecular complexity index is 347. The normalized spacial score (nSPS) is 24.5. The summed E-state index contributed by atoms with van der Waals surface area (Å²) in [5.74, 6) is 0. The van der Waals surface area contributed by atoms with Crippen LogP contribution in [0.1, 0.15) is 77.6 Å². The fourth-order valence-electron chi connectivity index (χ4n) is 3.18. The van der Waals surface area contributed by atoms with Gasteiger partial charge in [0.15, 0.2) is 0 Å². The van der Waals surface area contributed by atoms with Crippen molar-refractivity contribution in [1.29, 1.82) is 0 Å². The lowest BCUT2D eigenvalue weighted by Crippen LogP contribution is -2.40. The van der Waals surface area contributed by atoms with Crippen molar-refractivity contribution in [2.45, 2.75) is 102 Å². The Hall–Kier alpha value is -0.460. The zero-order chi connectivity index (χ0) is 19.0. The first-order chi connectivity index (χ1) is 12.7. The van der Waals surface area contributed by atoms with E-state index in [2.05, 4.69) is 19.1 Å². The van der Waals surface area contributed by atoms with E-state index in [1.165, 1.54) is 51.4 Å². The molecule has 0 saturated carbocycles. The van der Waals surface area contributed by atoms with Gasteiger partial charge in [-0.3, -0.25) is 0 Å². The molecule has 1 saturated heterocycles. The van der Waals surface area contributed by atoms with Crippen LogP contribution in [0.3, 0.4) is 0 Å². The van der Waals surface area contributed by atoms with Crippen molar-refractivity contribution in [3.8, 4) is 0 Å². The Morgan fingerprint density at radius 3 is 2.15 bits per heavy atom. The highest BCUT2D eigenvalue weighted by atomic mass is 16.5. The van der Waals surface area contributed by atoms with E-state index in [0.717, 1.165) is 19.3 Å². The lowest BCUT2D eigenvalue weighted by molar-refractivity contribution is -0.0813. The molecular formula is C21H40O5. The first-order valence-electron chi connectivity index (χ1n) is 10.5. The van der Waals surface area contributed by atoms with E-state index in [0.29, 0.717) is 6.61 Å². The number of aliphatic hydroxyl groups excluding tert-OH is 3. The van der Waals surface area contributed by atoms with Crippen LogP contribution in [0.4, 0.5) is 0 Å². The average molecular weight is 373 g/mol. The van der Waals surface area contributed by atoms with Crippen molar-refractivity contribution >= 4 is 0 Å². The smallest absolute Gasteiger partial charge is 0.114 e. The fraction of sp³-hybridized carbons (Fsp3) is 0.905. The minimum Gasteiger partial charge on any atom is -0.388 e. The molecule has 0 unspecified atom stereocenters. The molecule has 5 nitrogen and oxygen atoms in total. The molecular weight excluding hydrogens is 332 g/mol. The second kappa shape index (κ2) is 15.6. The van der Waals surface area contributed by atoms with Gasteiger partial charge in [-0.1, -0.05) is 57.6 Å². The maximum Gasteiger partial charge on any atom is 0.114 e. The SMILES string of the molecule is CCCCCCC/C=C/CCCCCCOC[C@@H](O)[C@H]1OC[C@H](O)[C@H]1O. The Morgan fingerprint density at radius 2 is 1.58 bits per heavy atom.